The summed E-state index contributed by atoms with van der Waals surface area (Å²) in [5, 5.41) is 0.459. The molecular formula is C15H10BrClFNO. The molecule has 1 aliphatic heterocycles. The van der Waals surface area contributed by atoms with Crippen molar-refractivity contribution in [2.75, 3.05) is 0 Å². The lowest BCUT2D eigenvalue weighted by Crippen LogP contribution is -2.23. The summed E-state index contributed by atoms with van der Waals surface area (Å²) in [4.78, 5) is 14.1. The molecule has 0 N–H and O–H groups in total. The molecule has 20 heavy (non-hydrogen) atoms. The van der Waals surface area contributed by atoms with Gasteiger partial charge < -0.3 is 4.90 Å². The number of halogens is 3. The molecule has 2 nitrogen and oxygen atoms in total. The second-order valence-electron chi connectivity index (χ2n) is 4.71. The highest BCUT2D eigenvalue weighted by Crippen LogP contribution is 2.33. The molecule has 2 aromatic carbocycles. The van der Waals surface area contributed by atoms with E-state index in [0.717, 1.165) is 15.6 Å². The number of carbonyl (C=O) groups is 1. The van der Waals surface area contributed by atoms with Crippen molar-refractivity contribution in [3.63, 3.8) is 0 Å². The van der Waals surface area contributed by atoms with Crippen molar-refractivity contribution in [3.8, 4) is 0 Å². The van der Waals surface area contributed by atoms with Crippen LogP contribution in [-0.4, -0.2) is 10.8 Å². The predicted molar refractivity (Wildman–Crippen MR) is 79.1 cm³/mol. The first kappa shape index (κ1) is 13.6. The molecule has 1 amide bonds. The van der Waals surface area contributed by atoms with Gasteiger partial charge in [0.15, 0.2) is 0 Å². The number of nitrogens with zero attached hydrogens (tertiary/aromatic N) is 1. The summed E-state index contributed by atoms with van der Waals surface area (Å²) in [6.07, 6.45) is 0. The molecular weight excluding hydrogens is 345 g/mol. The number of hydrogen-bond donors (Lipinski definition) is 0. The number of amides is 1. The first-order valence-electron chi connectivity index (χ1n) is 6.06. The van der Waals surface area contributed by atoms with E-state index in [1.807, 2.05) is 6.07 Å². The highest BCUT2D eigenvalue weighted by molar-refractivity contribution is 9.10. The summed E-state index contributed by atoms with van der Waals surface area (Å²) in [6.45, 7) is 0.965. The van der Waals surface area contributed by atoms with Gasteiger partial charge in [-0.3, -0.25) is 4.79 Å². The van der Waals surface area contributed by atoms with Gasteiger partial charge in [0.05, 0.1) is 10.6 Å². The number of benzene rings is 2. The topological polar surface area (TPSA) is 20.3 Å². The van der Waals surface area contributed by atoms with Gasteiger partial charge in [-0.05, 0) is 35.4 Å². The van der Waals surface area contributed by atoms with Crippen LogP contribution in [0.3, 0.4) is 0 Å². The molecule has 0 saturated heterocycles. The van der Waals surface area contributed by atoms with Crippen LogP contribution in [0.5, 0.6) is 0 Å². The zero-order valence-corrected chi connectivity index (χ0v) is 12.7. The monoisotopic (exact) mass is 353 g/mol. The van der Waals surface area contributed by atoms with E-state index in [4.69, 9.17) is 11.6 Å². The fourth-order valence-corrected chi connectivity index (χ4v) is 3.32. The van der Waals surface area contributed by atoms with Crippen LogP contribution in [0.15, 0.2) is 40.9 Å². The van der Waals surface area contributed by atoms with Crippen LogP contribution in [0, 0.1) is 5.82 Å². The maximum Gasteiger partial charge on any atom is 0.256 e. The summed E-state index contributed by atoms with van der Waals surface area (Å²) >= 11 is 9.51. The quantitative estimate of drug-likeness (QED) is 0.783. The molecule has 102 valence electrons. The van der Waals surface area contributed by atoms with E-state index in [1.54, 1.807) is 23.1 Å². The molecule has 0 aromatic heterocycles. The molecule has 5 heteroatoms. The van der Waals surface area contributed by atoms with Crippen LogP contribution in [0.1, 0.15) is 21.5 Å². The van der Waals surface area contributed by atoms with Gasteiger partial charge in [-0.25, -0.2) is 4.39 Å². The maximum absolute atomic E-state index is 12.9. The van der Waals surface area contributed by atoms with E-state index in [9.17, 15) is 9.18 Å². The molecule has 1 aliphatic rings. The summed E-state index contributed by atoms with van der Waals surface area (Å²) in [7, 11) is 0. The van der Waals surface area contributed by atoms with Crippen molar-refractivity contribution in [2.45, 2.75) is 13.1 Å². The Labute approximate surface area is 129 Å². The average Bonchev–Trinajstić information content (AvgIpc) is 2.69. The van der Waals surface area contributed by atoms with Crippen molar-refractivity contribution >= 4 is 33.4 Å². The third-order valence-corrected chi connectivity index (χ3v) is 4.04. The van der Waals surface area contributed by atoms with Crippen LogP contribution in [-0.2, 0) is 13.1 Å². The third-order valence-electron chi connectivity index (χ3n) is 3.29. The van der Waals surface area contributed by atoms with E-state index >= 15 is 0 Å². The van der Waals surface area contributed by atoms with Gasteiger partial charge in [-0.2, -0.15) is 0 Å². The van der Waals surface area contributed by atoms with Gasteiger partial charge in [-0.15, -0.1) is 0 Å². The smallest absolute Gasteiger partial charge is 0.256 e. The molecule has 0 atom stereocenters. The molecule has 1 heterocycles. The van der Waals surface area contributed by atoms with Crippen molar-refractivity contribution in [3.05, 3.63) is 68.4 Å². The van der Waals surface area contributed by atoms with E-state index in [0.29, 0.717) is 23.7 Å². The zero-order valence-electron chi connectivity index (χ0n) is 10.4. The van der Waals surface area contributed by atoms with Gasteiger partial charge in [-0.1, -0.05) is 39.7 Å². The predicted octanol–water partition coefficient (Wildman–Crippen LogP) is 4.40. The zero-order chi connectivity index (χ0) is 14.3. The average molecular weight is 355 g/mol. The molecule has 0 bridgehead atoms. The van der Waals surface area contributed by atoms with Crippen molar-refractivity contribution in [2.24, 2.45) is 0 Å². The minimum atomic E-state index is -0.281. The normalized spacial score (nSPS) is 13.8. The van der Waals surface area contributed by atoms with Crippen LogP contribution in [0.25, 0.3) is 0 Å². The van der Waals surface area contributed by atoms with Crippen molar-refractivity contribution in [1.29, 1.82) is 0 Å². The molecule has 0 radical (unpaired) electrons. The minimum absolute atomic E-state index is 0.0816. The Kier molecular flexibility index (Phi) is 3.52. The number of fused-ring (bicyclic) bond motifs is 1. The number of hydrogen-bond acceptors (Lipinski definition) is 1. The van der Waals surface area contributed by atoms with Gasteiger partial charge in [0.1, 0.15) is 5.82 Å². The van der Waals surface area contributed by atoms with E-state index in [1.165, 1.54) is 12.1 Å². The van der Waals surface area contributed by atoms with Gasteiger partial charge in [0.2, 0.25) is 0 Å². The van der Waals surface area contributed by atoms with Crippen LogP contribution in [0.2, 0.25) is 5.02 Å². The van der Waals surface area contributed by atoms with Crippen molar-refractivity contribution in [1.82, 2.24) is 4.90 Å². The van der Waals surface area contributed by atoms with Crippen molar-refractivity contribution < 1.29 is 9.18 Å². The molecule has 3 rings (SSSR count). The van der Waals surface area contributed by atoms with Crippen LogP contribution in [0.4, 0.5) is 4.39 Å². The summed E-state index contributed by atoms with van der Waals surface area (Å²) in [6, 6.07) is 9.79. The fraction of sp³-hybridized carbons (Fsp3) is 0.133. The second kappa shape index (κ2) is 5.19. The maximum atomic E-state index is 12.9. The molecule has 2 aromatic rings. The highest BCUT2D eigenvalue weighted by atomic mass is 79.9. The van der Waals surface area contributed by atoms with E-state index in [-0.39, 0.29) is 11.7 Å². The summed E-state index contributed by atoms with van der Waals surface area (Å²) in [5.74, 6) is -0.362. The first-order chi connectivity index (χ1) is 9.54. The highest BCUT2D eigenvalue weighted by Gasteiger charge is 2.29. The molecule has 0 fully saturated rings. The second-order valence-corrected chi connectivity index (χ2v) is 6.03. The molecule has 0 spiro atoms. The fourth-order valence-electron chi connectivity index (χ4n) is 2.36. The lowest BCUT2D eigenvalue weighted by atomic mass is 10.1. The molecule has 0 unspecified atom stereocenters. The molecule has 0 saturated carbocycles. The lowest BCUT2D eigenvalue weighted by Gasteiger charge is -2.15. The van der Waals surface area contributed by atoms with Crippen LogP contribution >= 0.6 is 27.5 Å². The van der Waals surface area contributed by atoms with Crippen LogP contribution < -0.4 is 0 Å². The lowest BCUT2D eigenvalue weighted by molar-refractivity contribution is 0.0767. The Morgan fingerprint density at radius 1 is 1.25 bits per heavy atom. The standard InChI is InChI=1S/C15H10BrClFNO/c16-11-5-10-8-19(15(20)14(10)13(17)6-11)7-9-1-3-12(18)4-2-9/h1-6H,7-8H2. The van der Waals surface area contributed by atoms with Gasteiger partial charge in [0.25, 0.3) is 5.91 Å². The Morgan fingerprint density at radius 3 is 2.65 bits per heavy atom. The number of rotatable bonds is 2. The first-order valence-corrected chi connectivity index (χ1v) is 7.23. The summed E-state index contributed by atoms with van der Waals surface area (Å²) < 4.78 is 13.7. The Bertz CT molecular complexity index is 687. The van der Waals surface area contributed by atoms with E-state index in [2.05, 4.69) is 15.9 Å². The molecule has 0 aliphatic carbocycles. The Balaban J connectivity index is 1.87. The summed E-state index contributed by atoms with van der Waals surface area (Å²) in [5.41, 5.74) is 2.37. The third kappa shape index (κ3) is 2.45. The van der Waals surface area contributed by atoms with Gasteiger partial charge in [0, 0.05) is 17.6 Å². The van der Waals surface area contributed by atoms with Gasteiger partial charge >= 0.3 is 0 Å². The SMILES string of the molecule is O=C1c2c(Cl)cc(Br)cc2CN1Cc1ccc(F)cc1. The Morgan fingerprint density at radius 2 is 1.95 bits per heavy atom. The largest absolute Gasteiger partial charge is 0.330 e. The number of carbonyl (C=O) groups excluding carboxylic acids is 1. The Hall–Kier alpha value is -1.39. The minimum Gasteiger partial charge on any atom is -0.330 e. The van der Waals surface area contributed by atoms with E-state index < -0.39 is 0 Å².